The molecule has 0 saturated heterocycles. The summed E-state index contributed by atoms with van der Waals surface area (Å²) in [6.07, 6.45) is 7.88. The van der Waals surface area contributed by atoms with Crippen LogP contribution >= 0.6 is 0 Å². The van der Waals surface area contributed by atoms with Crippen LogP contribution in [0.25, 0.3) is 0 Å². The van der Waals surface area contributed by atoms with Gasteiger partial charge in [0, 0.05) is 5.56 Å². The highest BCUT2D eigenvalue weighted by Gasteiger charge is 2.27. The van der Waals surface area contributed by atoms with Crippen LogP contribution in [0.1, 0.15) is 68.9 Å². The predicted molar refractivity (Wildman–Crippen MR) is 85.1 cm³/mol. The first-order chi connectivity index (χ1) is 10.2. The summed E-state index contributed by atoms with van der Waals surface area (Å²) in [7, 11) is 1.66. The molecule has 0 spiro atoms. The van der Waals surface area contributed by atoms with Crippen molar-refractivity contribution in [3.8, 4) is 11.5 Å². The molecular weight excluding hydrogens is 264 g/mol. The number of aliphatic hydroxyl groups excluding tert-OH is 1. The Labute approximate surface area is 128 Å². The smallest absolute Gasteiger partial charge is 0.126 e. The molecule has 118 valence electrons. The van der Waals surface area contributed by atoms with Gasteiger partial charge in [-0.25, -0.2) is 0 Å². The number of aryl methyl sites for hydroxylation is 1. The highest BCUT2D eigenvalue weighted by molar-refractivity contribution is 5.49. The largest absolute Gasteiger partial charge is 0.508 e. The number of phenolic OH excluding ortho intramolecular Hbond substituents is 1. The number of methoxy groups -OCH3 is 1. The molecule has 2 N–H and O–H groups in total. The Bertz CT molecular complexity index is 456. The van der Waals surface area contributed by atoms with Gasteiger partial charge in [0.1, 0.15) is 11.5 Å². The van der Waals surface area contributed by atoms with Gasteiger partial charge in [0.2, 0.25) is 0 Å². The van der Waals surface area contributed by atoms with Gasteiger partial charge in [0.05, 0.1) is 13.2 Å². The maximum atomic E-state index is 10.4. The highest BCUT2D eigenvalue weighted by Crippen LogP contribution is 2.43. The summed E-state index contributed by atoms with van der Waals surface area (Å²) in [5, 5.41) is 20.3. The van der Waals surface area contributed by atoms with Gasteiger partial charge in [0.25, 0.3) is 0 Å². The zero-order valence-electron chi connectivity index (χ0n) is 13.3. The summed E-state index contributed by atoms with van der Waals surface area (Å²) in [5.74, 6) is 1.31. The second kappa shape index (κ2) is 7.69. The van der Waals surface area contributed by atoms with Crippen molar-refractivity contribution in [2.45, 2.75) is 70.3 Å². The van der Waals surface area contributed by atoms with Crippen LogP contribution in [0.3, 0.4) is 0 Å². The SMILES string of the molecule is CCCCCc1cc(O)c(C2CCCC(O)C2)c(OC)c1. The van der Waals surface area contributed by atoms with Crippen molar-refractivity contribution < 1.29 is 14.9 Å². The second-order valence-electron chi connectivity index (χ2n) is 6.21. The molecule has 1 aromatic rings. The predicted octanol–water partition coefficient (Wildman–Crippen LogP) is 4.15. The van der Waals surface area contributed by atoms with Crippen molar-refractivity contribution in [2.24, 2.45) is 0 Å². The normalized spacial score (nSPS) is 22.2. The minimum Gasteiger partial charge on any atom is -0.508 e. The molecule has 1 aromatic carbocycles. The van der Waals surface area contributed by atoms with Crippen LogP contribution in [-0.4, -0.2) is 23.4 Å². The monoisotopic (exact) mass is 292 g/mol. The van der Waals surface area contributed by atoms with E-state index in [0.717, 1.165) is 55.4 Å². The number of benzene rings is 1. The first-order valence-electron chi connectivity index (χ1n) is 8.23. The Morgan fingerprint density at radius 2 is 2.05 bits per heavy atom. The van der Waals surface area contributed by atoms with E-state index in [1.54, 1.807) is 7.11 Å². The lowest BCUT2D eigenvalue weighted by atomic mass is 9.81. The van der Waals surface area contributed by atoms with E-state index < -0.39 is 0 Å². The summed E-state index contributed by atoms with van der Waals surface area (Å²) in [6.45, 7) is 2.19. The Hall–Kier alpha value is -1.22. The fraction of sp³-hybridized carbons (Fsp3) is 0.667. The molecule has 3 nitrogen and oxygen atoms in total. The summed E-state index contributed by atoms with van der Waals surface area (Å²) in [4.78, 5) is 0. The fourth-order valence-corrected chi connectivity index (χ4v) is 3.40. The Balaban J connectivity index is 2.20. The van der Waals surface area contributed by atoms with Crippen molar-refractivity contribution in [1.29, 1.82) is 0 Å². The topological polar surface area (TPSA) is 49.7 Å². The number of rotatable bonds is 6. The average Bonchev–Trinajstić information content (AvgIpc) is 2.46. The maximum absolute atomic E-state index is 10.4. The molecule has 21 heavy (non-hydrogen) atoms. The van der Waals surface area contributed by atoms with Crippen molar-refractivity contribution in [3.05, 3.63) is 23.3 Å². The second-order valence-corrected chi connectivity index (χ2v) is 6.21. The molecule has 0 amide bonds. The first kappa shape index (κ1) is 16.2. The minimum atomic E-state index is -0.253. The molecule has 0 heterocycles. The summed E-state index contributed by atoms with van der Waals surface area (Å²) >= 11 is 0. The van der Waals surface area contributed by atoms with E-state index in [2.05, 4.69) is 13.0 Å². The van der Waals surface area contributed by atoms with Crippen LogP contribution in [0.2, 0.25) is 0 Å². The Morgan fingerprint density at radius 1 is 1.24 bits per heavy atom. The zero-order chi connectivity index (χ0) is 15.2. The van der Waals surface area contributed by atoms with Gasteiger partial charge in [-0.1, -0.05) is 26.2 Å². The van der Waals surface area contributed by atoms with Crippen molar-refractivity contribution in [2.75, 3.05) is 7.11 Å². The lowest BCUT2D eigenvalue weighted by molar-refractivity contribution is 0.118. The third-order valence-corrected chi connectivity index (χ3v) is 4.52. The molecule has 1 saturated carbocycles. The third kappa shape index (κ3) is 4.13. The molecule has 3 heteroatoms. The van der Waals surface area contributed by atoms with Gasteiger partial charge in [-0.2, -0.15) is 0 Å². The van der Waals surface area contributed by atoms with Gasteiger partial charge in [-0.3, -0.25) is 0 Å². The van der Waals surface area contributed by atoms with Gasteiger partial charge >= 0.3 is 0 Å². The molecule has 2 rings (SSSR count). The minimum absolute atomic E-state index is 0.202. The number of aromatic hydroxyl groups is 1. The quantitative estimate of drug-likeness (QED) is 0.774. The van der Waals surface area contributed by atoms with Crippen molar-refractivity contribution >= 4 is 0 Å². The van der Waals surface area contributed by atoms with Crippen LogP contribution in [-0.2, 0) is 6.42 Å². The standard InChI is InChI=1S/C18H28O3/c1-3-4-5-7-13-10-16(20)18(17(11-13)21-2)14-8-6-9-15(19)12-14/h10-11,14-15,19-20H,3-9,12H2,1-2H3. The Kier molecular flexibility index (Phi) is 5.92. The van der Waals surface area contributed by atoms with Crippen molar-refractivity contribution in [1.82, 2.24) is 0 Å². The van der Waals surface area contributed by atoms with Crippen LogP contribution < -0.4 is 4.74 Å². The van der Waals surface area contributed by atoms with E-state index in [1.807, 2.05) is 6.07 Å². The molecule has 2 unspecified atom stereocenters. The van der Waals surface area contributed by atoms with Crippen LogP contribution in [0.15, 0.2) is 12.1 Å². The molecule has 0 bridgehead atoms. The fourth-order valence-electron chi connectivity index (χ4n) is 3.40. The molecule has 0 aromatic heterocycles. The molecule has 1 aliphatic rings. The van der Waals surface area contributed by atoms with Crippen molar-refractivity contribution in [3.63, 3.8) is 0 Å². The van der Waals surface area contributed by atoms with E-state index in [1.165, 1.54) is 12.8 Å². The number of unbranched alkanes of at least 4 members (excludes halogenated alkanes) is 2. The lowest BCUT2D eigenvalue weighted by Crippen LogP contribution is -2.18. The third-order valence-electron chi connectivity index (χ3n) is 4.52. The molecule has 0 aliphatic heterocycles. The number of hydrogen-bond acceptors (Lipinski definition) is 3. The molecular formula is C18H28O3. The van der Waals surface area contributed by atoms with E-state index >= 15 is 0 Å². The summed E-state index contributed by atoms with van der Waals surface area (Å²) < 4.78 is 5.52. The van der Waals surface area contributed by atoms with Gasteiger partial charge < -0.3 is 14.9 Å². The van der Waals surface area contributed by atoms with Gasteiger partial charge in [-0.05, 0) is 55.7 Å². The van der Waals surface area contributed by atoms with E-state index in [0.29, 0.717) is 5.75 Å². The number of phenols is 1. The summed E-state index contributed by atoms with van der Waals surface area (Å²) in [5.41, 5.74) is 2.02. The molecule has 2 atom stereocenters. The summed E-state index contributed by atoms with van der Waals surface area (Å²) in [6, 6.07) is 3.94. The van der Waals surface area contributed by atoms with E-state index in [9.17, 15) is 10.2 Å². The van der Waals surface area contributed by atoms with Crippen LogP contribution in [0.4, 0.5) is 0 Å². The number of aliphatic hydroxyl groups is 1. The lowest BCUT2D eigenvalue weighted by Gasteiger charge is -2.28. The zero-order valence-corrected chi connectivity index (χ0v) is 13.3. The van der Waals surface area contributed by atoms with Crippen LogP contribution in [0.5, 0.6) is 11.5 Å². The maximum Gasteiger partial charge on any atom is 0.126 e. The molecule has 1 fully saturated rings. The van der Waals surface area contributed by atoms with E-state index in [4.69, 9.17) is 4.74 Å². The molecule has 0 radical (unpaired) electrons. The van der Waals surface area contributed by atoms with E-state index in [-0.39, 0.29) is 12.0 Å². The van der Waals surface area contributed by atoms with Crippen LogP contribution in [0, 0.1) is 0 Å². The average molecular weight is 292 g/mol. The Morgan fingerprint density at radius 3 is 2.71 bits per heavy atom. The highest BCUT2D eigenvalue weighted by atomic mass is 16.5. The number of hydrogen-bond donors (Lipinski definition) is 2. The molecule has 1 aliphatic carbocycles. The van der Waals surface area contributed by atoms with Gasteiger partial charge in [-0.15, -0.1) is 0 Å². The van der Waals surface area contributed by atoms with Gasteiger partial charge in [0.15, 0.2) is 0 Å². The first-order valence-corrected chi connectivity index (χ1v) is 8.23. The number of ether oxygens (including phenoxy) is 1.